The Labute approximate surface area is 158 Å². The summed E-state index contributed by atoms with van der Waals surface area (Å²) in [7, 11) is 1.90. The van der Waals surface area contributed by atoms with E-state index in [0.29, 0.717) is 6.42 Å². The number of nitrogens with one attached hydrogen (secondary N) is 1. The molecule has 2 aromatic carbocycles. The highest BCUT2D eigenvalue weighted by atomic mass is 35.5. The first kappa shape index (κ1) is 20.7. The predicted molar refractivity (Wildman–Crippen MR) is 98.7 cm³/mol. The largest absolute Gasteiger partial charge is 0.416 e. The summed E-state index contributed by atoms with van der Waals surface area (Å²) in [6.07, 6.45) is -3.09. The van der Waals surface area contributed by atoms with Crippen molar-refractivity contribution in [2.24, 2.45) is 0 Å². The van der Waals surface area contributed by atoms with Gasteiger partial charge in [0.25, 0.3) is 0 Å². The van der Waals surface area contributed by atoms with Crippen molar-refractivity contribution in [3.05, 3.63) is 70.3 Å². The Kier molecular flexibility index (Phi) is 6.72. The second-order valence-corrected chi connectivity index (χ2v) is 6.53. The predicted octanol–water partition coefficient (Wildman–Crippen LogP) is 5.40. The lowest BCUT2D eigenvalue weighted by Crippen LogP contribution is -2.23. The number of aryl methyl sites for hydroxylation is 1. The van der Waals surface area contributed by atoms with Crippen LogP contribution in [-0.4, -0.2) is 13.6 Å². The molecule has 2 atom stereocenters. The van der Waals surface area contributed by atoms with Crippen molar-refractivity contribution in [1.82, 2.24) is 5.32 Å². The molecule has 0 bridgehead atoms. The van der Waals surface area contributed by atoms with E-state index in [4.69, 9.17) is 4.74 Å². The molecule has 0 radical (unpaired) electrons. The molecule has 0 fully saturated rings. The highest BCUT2D eigenvalue weighted by Crippen LogP contribution is 2.40. The van der Waals surface area contributed by atoms with Crippen LogP contribution in [0.5, 0.6) is 0 Å². The maximum atomic E-state index is 12.8. The molecule has 0 saturated heterocycles. The molecule has 0 amide bonds. The average molecular weight is 386 g/mol. The van der Waals surface area contributed by atoms with Gasteiger partial charge in [0.05, 0.1) is 17.8 Å². The highest BCUT2D eigenvalue weighted by molar-refractivity contribution is 5.85. The third-order valence-corrected chi connectivity index (χ3v) is 4.65. The standard InChI is InChI=1S/C20H22F3NO.ClH/c1-13-3-8-17-15(11-13)12-19(25-18(17)9-10-24-2)14-4-6-16(7-5-14)20(21,22)23;/h3-8,11,18-19,24H,9-10,12H2,1-2H3;1H. The molecule has 142 valence electrons. The minimum Gasteiger partial charge on any atom is -0.365 e. The van der Waals surface area contributed by atoms with Crippen LogP contribution in [0.25, 0.3) is 0 Å². The Hall–Kier alpha value is -1.56. The summed E-state index contributed by atoms with van der Waals surface area (Å²) < 4.78 is 44.5. The molecule has 1 heterocycles. The van der Waals surface area contributed by atoms with E-state index in [1.807, 2.05) is 14.0 Å². The second-order valence-electron chi connectivity index (χ2n) is 6.53. The first-order chi connectivity index (χ1) is 11.9. The van der Waals surface area contributed by atoms with Gasteiger partial charge in [0.15, 0.2) is 0 Å². The molecular formula is C20H23ClF3NO. The second kappa shape index (κ2) is 8.42. The number of ether oxygens (including phenoxy) is 1. The van der Waals surface area contributed by atoms with Gasteiger partial charge in [-0.1, -0.05) is 35.9 Å². The van der Waals surface area contributed by atoms with E-state index >= 15 is 0 Å². The Morgan fingerprint density at radius 1 is 1.12 bits per heavy atom. The van der Waals surface area contributed by atoms with Crippen molar-refractivity contribution in [3.63, 3.8) is 0 Å². The maximum Gasteiger partial charge on any atom is 0.416 e. The minimum absolute atomic E-state index is 0. The van der Waals surface area contributed by atoms with E-state index in [1.54, 1.807) is 0 Å². The van der Waals surface area contributed by atoms with Crippen molar-refractivity contribution in [2.45, 2.75) is 38.1 Å². The monoisotopic (exact) mass is 385 g/mol. The van der Waals surface area contributed by atoms with Gasteiger partial charge in [0.1, 0.15) is 0 Å². The van der Waals surface area contributed by atoms with E-state index in [1.165, 1.54) is 28.8 Å². The van der Waals surface area contributed by atoms with Crippen LogP contribution in [-0.2, 0) is 17.3 Å². The summed E-state index contributed by atoms with van der Waals surface area (Å²) in [5.74, 6) is 0. The third kappa shape index (κ3) is 4.58. The minimum atomic E-state index is -4.31. The van der Waals surface area contributed by atoms with Crippen LogP contribution in [0.1, 0.15) is 46.4 Å². The van der Waals surface area contributed by atoms with E-state index in [-0.39, 0.29) is 24.6 Å². The first-order valence-corrected chi connectivity index (χ1v) is 8.45. The zero-order chi connectivity index (χ0) is 18.0. The number of halogens is 4. The van der Waals surface area contributed by atoms with Gasteiger partial charge in [-0.25, -0.2) is 0 Å². The van der Waals surface area contributed by atoms with Crippen molar-refractivity contribution in [2.75, 3.05) is 13.6 Å². The van der Waals surface area contributed by atoms with Crippen LogP contribution in [0.15, 0.2) is 42.5 Å². The van der Waals surface area contributed by atoms with Crippen molar-refractivity contribution in [1.29, 1.82) is 0 Å². The Balaban J connectivity index is 0.00000243. The molecule has 1 N–H and O–H groups in total. The lowest BCUT2D eigenvalue weighted by Gasteiger charge is -2.33. The molecule has 0 aromatic heterocycles. The van der Waals surface area contributed by atoms with Gasteiger partial charge in [-0.15, -0.1) is 12.4 Å². The number of rotatable bonds is 4. The molecule has 1 aliphatic heterocycles. The zero-order valence-corrected chi connectivity index (χ0v) is 15.6. The fourth-order valence-corrected chi connectivity index (χ4v) is 3.33. The lowest BCUT2D eigenvalue weighted by molar-refractivity contribution is -0.137. The summed E-state index contributed by atoms with van der Waals surface area (Å²) >= 11 is 0. The number of alkyl halides is 3. The summed E-state index contributed by atoms with van der Waals surface area (Å²) in [6, 6.07) is 11.7. The molecule has 2 nitrogen and oxygen atoms in total. The van der Waals surface area contributed by atoms with E-state index < -0.39 is 11.7 Å². The van der Waals surface area contributed by atoms with Gasteiger partial charge < -0.3 is 10.1 Å². The van der Waals surface area contributed by atoms with Gasteiger partial charge in [0, 0.05) is 6.42 Å². The van der Waals surface area contributed by atoms with Crippen LogP contribution in [0.2, 0.25) is 0 Å². The molecule has 3 rings (SSSR count). The summed E-state index contributed by atoms with van der Waals surface area (Å²) in [5, 5.41) is 3.13. The molecule has 2 aromatic rings. The summed E-state index contributed by atoms with van der Waals surface area (Å²) in [4.78, 5) is 0. The average Bonchev–Trinajstić information content (AvgIpc) is 2.58. The third-order valence-electron chi connectivity index (χ3n) is 4.65. The fourth-order valence-electron chi connectivity index (χ4n) is 3.33. The summed E-state index contributed by atoms with van der Waals surface area (Å²) in [6.45, 7) is 2.86. The van der Waals surface area contributed by atoms with Crippen LogP contribution < -0.4 is 5.32 Å². The van der Waals surface area contributed by atoms with Crippen molar-refractivity contribution < 1.29 is 17.9 Å². The Bertz CT molecular complexity index is 731. The van der Waals surface area contributed by atoms with Gasteiger partial charge in [-0.3, -0.25) is 0 Å². The Morgan fingerprint density at radius 2 is 1.81 bits per heavy atom. The zero-order valence-electron chi connectivity index (χ0n) is 14.8. The van der Waals surface area contributed by atoms with Crippen molar-refractivity contribution in [3.8, 4) is 0 Å². The molecule has 26 heavy (non-hydrogen) atoms. The van der Waals surface area contributed by atoms with Crippen LogP contribution >= 0.6 is 12.4 Å². The van der Waals surface area contributed by atoms with Crippen LogP contribution in [0.3, 0.4) is 0 Å². The number of hydrogen-bond donors (Lipinski definition) is 1. The molecule has 6 heteroatoms. The molecule has 1 aliphatic rings. The normalized spacial score (nSPS) is 19.6. The number of hydrogen-bond acceptors (Lipinski definition) is 2. The molecule has 0 saturated carbocycles. The van der Waals surface area contributed by atoms with E-state index in [0.717, 1.165) is 30.7 Å². The topological polar surface area (TPSA) is 21.3 Å². The molecule has 2 unspecified atom stereocenters. The van der Waals surface area contributed by atoms with Crippen LogP contribution in [0.4, 0.5) is 13.2 Å². The lowest BCUT2D eigenvalue weighted by atomic mass is 9.89. The van der Waals surface area contributed by atoms with Gasteiger partial charge in [0.2, 0.25) is 0 Å². The highest BCUT2D eigenvalue weighted by Gasteiger charge is 2.32. The summed E-state index contributed by atoms with van der Waals surface area (Å²) in [5.41, 5.74) is 3.74. The first-order valence-electron chi connectivity index (χ1n) is 8.45. The van der Waals surface area contributed by atoms with Crippen LogP contribution in [0, 0.1) is 6.92 Å². The smallest absolute Gasteiger partial charge is 0.365 e. The van der Waals surface area contributed by atoms with Gasteiger partial charge in [-0.2, -0.15) is 13.2 Å². The van der Waals surface area contributed by atoms with E-state index in [9.17, 15) is 13.2 Å². The fraction of sp³-hybridized carbons (Fsp3) is 0.400. The quantitative estimate of drug-likeness (QED) is 0.760. The van der Waals surface area contributed by atoms with Crippen molar-refractivity contribution >= 4 is 12.4 Å². The van der Waals surface area contributed by atoms with Gasteiger partial charge >= 0.3 is 6.18 Å². The molecular weight excluding hydrogens is 363 g/mol. The number of fused-ring (bicyclic) bond motifs is 1. The van der Waals surface area contributed by atoms with E-state index in [2.05, 4.69) is 23.5 Å². The Morgan fingerprint density at radius 3 is 2.42 bits per heavy atom. The molecule has 0 spiro atoms. The number of benzene rings is 2. The van der Waals surface area contributed by atoms with Gasteiger partial charge in [-0.05, 0) is 55.8 Å². The SMILES string of the molecule is CNCCC1OC(c2ccc(C(F)(F)F)cc2)Cc2cc(C)ccc21.Cl. The maximum absolute atomic E-state index is 12.8. The molecule has 0 aliphatic carbocycles.